The van der Waals surface area contributed by atoms with E-state index in [1.807, 2.05) is 27.7 Å². The molecule has 150 valence electrons. The van der Waals surface area contributed by atoms with Gasteiger partial charge in [0.2, 0.25) is 0 Å². The number of likely N-dealkylation sites (tertiary alicyclic amines) is 1. The lowest BCUT2D eigenvalue weighted by Crippen LogP contribution is -2.44. The smallest absolute Gasteiger partial charge is 0.407 e. The first-order valence-electron chi connectivity index (χ1n) is 9.03. The van der Waals surface area contributed by atoms with Crippen LogP contribution in [0.4, 0.5) is 19.7 Å². The Balaban J connectivity index is 1.79. The largest absolute Gasteiger partial charge is 0.444 e. The molecule has 27 heavy (non-hydrogen) atoms. The monoisotopic (exact) mass is 443 g/mol. The molecule has 0 bridgehead atoms. The summed E-state index contributed by atoms with van der Waals surface area (Å²) in [6, 6.07) is 2.72. The molecule has 1 aromatic carbocycles. The van der Waals surface area contributed by atoms with Crippen LogP contribution in [0, 0.1) is 18.7 Å². The van der Waals surface area contributed by atoms with Gasteiger partial charge in [-0.05, 0) is 80.1 Å². The number of hydrogen-bond acceptors (Lipinski definition) is 3. The number of nitrogens with zero attached hydrogens (tertiary/aromatic N) is 1. The minimum atomic E-state index is -0.518. The highest BCUT2D eigenvalue weighted by molar-refractivity contribution is 9.10. The number of urea groups is 1. The average Bonchev–Trinajstić information content (AvgIpc) is 2.56. The van der Waals surface area contributed by atoms with Crippen molar-refractivity contribution in [1.82, 2.24) is 10.2 Å². The summed E-state index contributed by atoms with van der Waals surface area (Å²) in [4.78, 5) is 25.9. The Kier molecular flexibility index (Phi) is 7.08. The van der Waals surface area contributed by atoms with Gasteiger partial charge in [-0.2, -0.15) is 0 Å². The third-order valence-corrected chi connectivity index (χ3v) is 4.95. The summed E-state index contributed by atoms with van der Waals surface area (Å²) in [5.41, 5.74) is 0.735. The molecule has 1 aliphatic rings. The van der Waals surface area contributed by atoms with Crippen molar-refractivity contribution in [3.63, 3.8) is 0 Å². The Hall–Kier alpha value is -1.83. The number of ether oxygens (including phenoxy) is 1. The van der Waals surface area contributed by atoms with Gasteiger partial charge in [-0.3, -0.25) is 0 Å². The first kappa shape index (κ1) is 21.5. The van der Waals surface area contributed by atoms with E-state index in [4.69, 9.17) is 4.74 Å². The predicted molar refractivity (Wildman–Crippen MR) is 106 cm³/mol. The molecule has 1 heterocycles. The zero-order valence-electron chi connectivity index (χ0n) is 16.2. The summed E-state index contributed by atoms with van der Waals surface area (Å²) < 4.78 is 19.3. The van der Waals surface area contributed by atoms with E-state index < -0.39 is 17.5 Å². The van der Waals surface area contributed by atoms with E-state index in [0.29, 0.717) is 35.7 Å². The minimum absolute atomic E-state index is 0.238. The molecule has 6 nitrogen and oxygen atoms in total. The molecule has 0 spiro atoms. The predicted octanol–water partition coefficient (Wildman–Crippen LogP) is 4.67. The van der Waals surface area contributed by atoms with E-state index in [2.05, 4.69) is 26.6 Å². The van der Waals surface area contributed by atoms with Crippen LogP contribution >= 0.6 is 15.9 Å². The molecular weight excluding hydrogens is 417 g/mol. The summed E-state index contributed by atoms with van der Waals surface area (Å²) in [6.45, 7) is 8.99. The number of aryl methyl sites for hydroxylation is 1. The van der Waals surface area contributed by atoms with Gasteiger partial charge in [-0.1, -0.05) is 0 Å². The van der Waals surface area contributed by atoms with E-state index in [0.717, 1.165) is 18.4 Å². The summed E-state index contributed by atoms with van der Waals surface area (Å²) in [5, 5.41) is 5.56. The van der Waals surface area contributed by atoms with Gasteiger partial charge < -0.3 is 20.3 Å². The molecule has 1 aliphatic heterocycles. The maximum Gasteiger partial charge on any atom is 0.407 e. The SMILES string of the molecule is Cc1cc(Br)c(F)cc1NC(=O)N1CCC(CNC(=O)OC(C)(C)C)CC1. The lowest BCUT2D eigenvalue weighted by molar-refractivity contribution is 0.0511. The van der Waals surface area contributed by atoms with Crippen LogP contribution in [0.2, 0.25) is 0 Å². The standard InChI is InChI=1S/C19H27BrFN3O3/c1-12-9-14(20)15(21)10-16(12)23-17(25)24-7-5-13(6-8-24)11-22-18(26)27-19(2,3)4/h9-10,13H,5-8,11H2,1-4H3,(H,22,26)(H,23,25). The van der Waals surface area contributed by atoms with Crippen molar-refractivity contribution < 1.29 is 18.7 Å². The number of piperidine rings is 1. The molecule has 1 aromatic rings. The summed E-state index contributed by atoms with van der Waals surface area (Å²) in [5.74, 6) is -0.115. The number of nitrogens with one attached hydrogen (secondary N) is 2. The van der Waals surface area contributed by atoms with E-state index in [1.54, 1.807) is 11.0 Å². The Morgan fingerprint density at radius 1 is 1.30 bits per heavy atom. The van der Waals surface area contributed by atoms with Crippen LogP contribution in [-0.4, -0.2) is 42.3 Å². The fourth-order valence-corrected chi connectivity index (χ4v) is 3.32. The number of halogens is 2. The van der Waals surface area contributed by atoms with Gasteiger partial charge in [0.25, 0.3) is 0 Å². The van der Waals surface area contributed by atoms with Crippen molar-refractivity contribution in [2.75, 3.05) is 25.0 Å². The molecule has 0 unspecified atom stereocenters. The maximum absolute atomic E-state index is 13.7. The van der Waals surface area contributed by atoms with Crippen molar-refractivity contribution in [2.24, 2.45) is 5.92 Å². The first-order valence-corrected chi connectivity index (χ1v) is 9.83. The van der Waals surface area contributed by atoms with Crippen molar-refractivity contribution >= 4 is 33.7 Å². The molecule has 0 aromatic heterocycles. The zero-order chi connectivity index (χ0) is 20.2. The molecule has 8 heteroatoms. The van der Waals surface area contributed by atoms with Gasteiger partial charge in [0.05, 0.1) is 4.47 Å². The van der Waals surface area contributed by atoms with Crippen LogP contribution in [0.5, 0.6) is 0 Å². The topological polar surface area (TPSA) is 70.7 Å². The number of amides is 3. The van der Waals surface area contributed by atoms with Crippen molar-refractivity contribution in [1.29, 1.82) is 0 Å². The van der Waals surface area contributed by atoms with Crippen molar-refractivity contribution in [2.45, 2.75) is 46.1 Å². The molecule has 2 N–H and O–H groups in total. The lowest BCUT2D eigenvalue weighted by Gasteiger charge is -2.32. The van der Waals surface area contributed by atoms with Crippen LogP contribution in [0.25, 0.3) is 0 Å². The van der Waals surface area contributed by atoms with Crippen LogP contribution in [-0.2, 0) is 4.74 Å². The first-order chi connectivity index (χ1) is 12.5. The second kappa shape index (κ2) is 8.91. The third-order valence-electron chi connectivity index (χ3n) is 4.34. The summed E-state index contributed by atoms with van der Waals surface area (Å²) >= 11 is 3.13. The fourth-order valence-electron chi connectivity index (χ4n) is 2.86. The van der Waals surface area contributed by atoms with Gasteiger partial charge in [-0.15, -0.1) is 0 Å². The quantitative estimate of drug-likeness (QED) is 0.712. The molecular formula is C19H27BrFN3O3. The second-order valence-electron chi connectivity index (χ2n) is 7.82. The molecule has 2 rings (SSSR count). The Bertz CT molecular complexity index is 698. The van der Waals surface area contributed by atoms with E-state index >= 15 is 0 Å². The van der Waals surface area contributed by atoms with Crippen LogP contribution < -0.4 is 10.6 Å². The number of carbonyl (C=O) groups excluding carboxylic acids is 2. The molecule has 0 aliphatic carbocycles. The van der Waals surface area contributed by atoms with Gasteiger partial charge in [0.15, 0.2) is 0 Å². The molecule has 0 radical (unpaired) electrons. The van der Waals surface area contributed by atoms with Crippen LogP contribution in [0.1, 0.15) is 39.2 Å². The molecule has 0 atom stereocenters. The van der Waals surface area contributed by atoms with E-state index in [-0.39, 0.29) is 6.03 Å². The lowest BCUT2D eigenvalue weighted by atomic mass is 9.97. The van der Waals surface area contributed by atoms with Crippen molar-refractivity contribution in [3.8, 4) is 0 Å². The van der Waals surface area contributed by atoms with Crippen LogP contribution in [0.15, 0.2) is 16.6 Å². The molecule has 3 amide bonds. The number of hydrogen-bond donors (Lipinski definition) is 2. The highest BCUT2D eigenvalue weighted by atomic mass is 79.9. The maximum atomic E-state index is 13.7. The van der Waals surface area contributed by atoms with Gasteiger partial charge in [0, 0.05) is 25.3 Å². The summed E-state index contributed by atoms with van der Waals surface area (Å²) in [7, 11) is 0. The fraction of sp³-hybridized carbons (Fsp3) is 0.579. The summed E-state index contributed by atoms with van der Waals surface area (Å²) in [6.07, 6.45) is 1.16. The normalized spacial score (nSPS) is 15.4. The Morgan fingerprint density at radius 3 is 2.52 bits per heavy atom. The zero-order valence-corrected chi connectivity index (χ0v) is 17.8. The van der Waals surface area contributed by atoms with E-state index in [1.165, 1.54) is 6.07 Å². The molecule has 1 saturated heterocycles. The number of carbonyl (C=O) groups is 2. The average molecular weight is 444 g/mol. The number of benzene rings is 1. The van der Waals surface area contributed by atoms with Gasteiger partial charge >= 0.3 is 12.1 Å². The molecule has 1 fully saturated rings. The van der Waals surface area contributed by atoms with Gasteiger partial charge in [-0.25, -0.2) is 14.0 Å². The van der Waals surface area contributed by atoms with Crippen LogP contribution in [0.3, 0.4) is 0 Å². The Morgan fingerprint density at radius 2 is 1.93 bits per heavy atom. The second-order valence-corrected chi connectivity index (χ2v) is 8.68. The highest BCUT2D eigenvalue weighted by Gasteiger charge is 2.24. The molecule has 0 saturated carbocycles. The highest BCUT2D eigenvalue weighted by Crippen LogP contribution is 2.25. The van der Waals surface area contributed by atoms with E-state index in [9.17, 15) is 14.0 Å². The number of anilines is 1. The number of alkyl carbamates (subject to hydrolysis) is 1. The number of rotatable bonds is 3. The van der Waals surface area contributed by atoms with Gasteiger partial charge in [0.1, 0.15) is 11.4 Å². The third kappa shape index (κ3) is 6.68. The Labute approximate surface area is 167 Å². The minimum Gasteiger partial charge on any atom is -0.444 e. The van der Waals surface area contributed by atoms with Crippen molar-refractivity contribution in [3.05, 3.63) is 28.0 Å².